The molecular formula is C18H23N5O2S. The van der Waals surface area contributed by atoms with E-state index >= 15 is 0 Å². The minimum absolute atomic E-state index is 0.240. The number of aromatic nitrogens is 2. The summed E-state index contributed by atoms with van der Waals surface area (Å²) in [4.78, 5) is 0.240. The number of nitrogens with zero attached hydrogens (tertiary/aromatic N) is 4. The van der Waals surface area contributed by atoms with E-state index in [9.17, 15) is 13.7 Å². The van der Waals surface area contributed by atoms with Crippen LogP contribution in [0.2, 0.25) is 0 Å². The van der Waals surface area contributed by atoms with E-state index in [1.807, 2.05) is 13.8 Å². The van der Waals surface area contributed by atoms with E-state index in [0.717, 1.165) is 23.2 Å². The third-order valence-electron chi connectivity index (χ3n) is 4.12. The van der Waals surface area contributed by atoms with Gasteiger partial charge in [-0.15, -0.1) is 5.10 Å². The van der Waals surface area contributed by atoms with Crippen molar-refractivity contribution in [3.63, 3.8) is 0 Å². The van der Waals surface area contributed by atoms with E-state index in [-0.39, 0.29) is 4.90 Å². The maximum Gasteiger partial charge on any atom is 0.242 e. The van der Waals surface area contributed by atoms with Gasteiger partial charge >= 0.3 is 0 Å². The molecule has 0 amide bonds. The summed E-state index contributed by atoms with van der Waals surface area (Å²) in [6.45, 7) is 4.39. The maximum atomic E-state index is 12.1. The number of anilines is 1. The summed E-state index contributed by atoms with van der Waals surface area (Å²) in [6, 6.07) is 8.84. The van der Waals surface area contributed by atoms with Crippen LogP contribution in [0.3, 0.4) is 0 Å². The smallest absolute Gasteiger partial charge is 0.242 e. The minimum Gasteiger partial charge on any atom is -0.363 e. The van der Waals surface area contributed by atoms with Crippen LogP contribution < -0.4 is 5.32 Å². The van der Waals surface area contributed by atoms with Gasteiger partial charge in [0, 0.05) is 20.6 Å². The maximum absolute atomic E-state index is 12.1. The van der Waals surface area contributed by atoms with Gasteiger partial charge < -0.3 is 5.32 Å². The molecule has 26 heavy (non-hydrogen) atoms. The highest BCUT2D eigenvalue weighted by Gasteiger charge is 2.17. The number of rotatable bonds is 7. The number of nitriles is 1. The van der Waals surface area contributed by atoms with Crippen molar-refractivity contribution in [2.24, 2.45) is 0 Å². The largest absolute Gasteiger partial charge is 0.363 e. The summed E-state index contributed by atoms with van der Waals surface area (Å²) in [5.41, 5.74) is 3.16. The van der Waals surface area contributed by atoms with Gasteiger partial charge in [-0.05, 0) is 36.1 Å². The van der Waals surface area contributed by atoms with Gasteiger partial charge in [-0.2, -0.15) is 10.4 Å². The predicted octanol–water partition coefficient (Wildman–Crippen LogP) is 2.34. The highest BCUT2D eigenvalue weighted by molar-refractivity contribution is 7.89. The molecule has 2 aromatic rings. The Labute approximate surface area is 154 Å². The third-order valence-corrected chi connectivity index (χ3v) is 5.95. The first-order valence-corrected chi connectivity index (χ1v) is 9.83. The van der Waals surface area contributed by atoms with Crippen LogP contribution in [0, 0.1) is 11.3 Å². The number of hydrogen-bond acceptors (Lipinski definition) is 6. The molecule has 8 heteroatoms. The highest BCUT2D eigenvalue weighted by Crippen LogP contribution is 2.21. The molecule has 0 fully saturated rings. The second-order valence-corrected chi connectivity index (χ2v) is 8.10. The van der Waals surface area contributed by atoms with Gasteiger partial charge in [-0.25, -0.2) is 12.7 Å². The lowest BCUT2D eigenvalue weighted by atomic mass is 10.0. The monoisotopic (exact) mass is 373 g/mol. The zero-order valence-corrected chi connectivity index (χ0v) is 16.3. The Balaban J connectivity index is 2.21. The molecular weight excluding hydrogens is 350 g/mol. The Bertz CT molecular complexity index is 916. The fourth-order valence-corrected chi connectivity index (χ4v) is 3.49. The van der Waals surface area contributed by atoms with E-state index in [2.05, 4.69) is 21.6 Å². The Morgan fingerprint density at radius 1 is 1.12 bits per heavy atom. The molecule has 1 aromatic carbocycles. The summed E-state index contributed by atoms with van der Waals surface area (Å²) in [5, 5.41) is 21.0. The van der Waals surface area contributed by atoms with Crippen molar-refractivity contribution in [1.82, 2.24) is 14.5 Å². The molecule has 7 nitrogen and oxygen atoms in total. The van der Waals surface area contributed by atoms with Crippen molar-refractivity contribution in [1.29, 1.82) is 5.26 Å². The van der Waals surface area contributed by atoms with Crippen LogP contribution in [0.1, 0.15) is 36.2 Å². The van der Waals surface area contributed by atoms with Gasteiger partial charge in [0.15, 0.2) is 5.82 Å². The van der Waals surface area contributed by atoms with Crippen molar-refractivity contribution in [2.75, 3.05) is 19.4 Å². The van der Waals surface area contributed by atoms with E-state index < -0.39 is 10.0 Å². The van der Waals surface area contributed by atoms with Gasteiger partial charge in [0.25, 0.3) is 0 Å². The first kappa shape index (κ1) is 19.8. The molecule has 0 aliphatic carbocycles. The van der Waals surface area contributed by atoms with Crippen molar-refractivity contribution in [3.05, 3.63) is 46.6 Å². The number of benzene rings is 1. The number of nitrogens with one attached hydrogen (secondary N) is 1. The van der Waals surface area contributed by atoms with Crippen LogP contribution in [-0.4, -0.2) is 37.0 Å². The fourth-order valence-electron chi connectivity index (χ4n) is 2.59. The van der Waals surface area contributed by atoms with Gasteiger partial charge in [0.2, 0.25) is 10.0 Å². The van der Waals surface area contributed by atoms with Crippen LogP contribution >= 0.6 is 0 Å². The van der Waals surface area contributed by atoms with Crippen LogP contribution in [0.15, 0.2) is 29.2 Å². The van der Waals surface area contributed by atoms with Crippen molar-refractivity contribution in [3.8, 4) is 6.07 Å². The first-order chi connectivity index (χ1) is 12.3. The molecule has 1 heterocycles. The summed E-state index contributed by atoms with van der Waals surface area (Å²) in [6.07, 6.45) is 1.44. The predicted molar refractivity (Wildman–Crippen MR) is 100 cm³/mol. The molecule has 1 aromatic heterocycles. The van der Waals surface area contributed by atoms with Gasteiger partial charge in [-0.3, -0.25) is 0 Å². The Kier molecular flexibility index (Phi) is 6.29. The molecule has 0 saturated carbocycles. The standard InChI is InChI=1S/C18H23N5O2S/c1-5-15-16(11-19)18(22-21-17(15)6-2)20-12-13-7-9-14(10-8-13)26(24,25)23(3)4/h7-10H,5-6,12H2,1-4H3,(H,20,22). The Hall–Kier alpha value is -2.50. The molecule has 0 atom stereocenters. The molecule has 0 saturated heterocycles. The van der Waals surface area contributed by atoms with Crippen molar-refractivity contribution >= 4 is 15.8 Å². The normalized spacial score (nSPS) is 11.4. The lowest BCUT2D eigenvalue weighted by Crippen LogP contribution is -2.22. The van der Waals surface area contributed by atoms with Crippen molar-refractivity contribution < 1.29 is 8.42 Å². The lowest BCUT2D eigenvalue weighted by molar-refractivity contribution is 0.520. The molecule has 2 rings (SSSR count). The van der Waals surface area contributed by atoms with Crippen LogP contribution in [0.25, 0.3) is 0 Å². The average molecular weight is 373 g/mol. The summed E-state index contributed by atoms with van der Waals surface area (Å²) >= 11 is 0. The molecule has 0 aliphatic rings. The first-order valence-electron chi connectivity index (χ1n) is 8.39. The minimum atomic E-state index is -3.44. The Morgan fingerprint density at radius 3 is 2.27 bits per heavy atom. The molecule has 0 bridgehead atoms. The van der Waals surface area contributed by atoms with Crippen molar-refractivity contribution in [2.45, 2.75) is 38.1 Å². The fraction of sp³-hybridized carbons (Fsp3) is 0.389. The highest BCUT2D eigenvalue weighted by atomic mass is 32.2. The number of sulfonamides is 1. The molecule has 0 aliphatic heterocycles. The topological polar surface area (TPSA) is 99.0 Å². The summed E-state index contributed by atoms with van der Waals surface area (Å²) in [5.74, 6) is 0.450. The zero-order valence-electron chi connectivity index (χ0n) is 15.4. The van der Waals surface area contributed by atoms with E-state index in [4.69, 9.17) is 0 Å². The second kappa shape index (κ2) is 8.25. The molecule has 0 unspecified atom stereocenters. The molecule has 0 radical (unpaired) electrons. The van der Waals surface area contributed by atoms with Gasteiger partial charge in [0.05, 0.1) is 10.6 Å². The lowest BCUT2D eigenvalue weighted by Gasteiger charge is -2.13. The molecule has 0 spiro atoms. The van der Waals surface area contributed by atoms with E-state index in [1.165, 1.54) is 18.4 Å². The van der Waals surface area contributed by atoms with Crippen LogP contribution in [-0.2, 0) is 29.4 Å². The number of hydrogen-bond donors (Lipinski definition) is 1. The average Bonchev–Trinajstić information content (AvgIpc) is 2.65. The third kappa shape index (κ3) is 4.00. The van der Waals surface area contributed by atoms with E-state index in [1.54, 1.807) is 24.3 Å². The van der Waals surface area contributed by atoms with Gasteiger partial charge in [0.1, 0.15) is 11.6 Å². The SMILES string of the molecule is CCc1nnc(NCc2ccc(S(=O)(=O)N(C)C)cc2)c(C#N)c1CC. The Morgan fingerprint density at radius 2 is 1.77 bits per heavy atom. The van der Waals surface area contributed by atoms with Gasteiger partial charge in [-0.1, -0.05) is 26.0 Å². The zero-order chi connectivity index (χ0) is 19.3. The summed E-state index contributed by atoms with van der Waals surface area (Å²) < 4.78 is 25.4. The number of aryl methyl sites for hydroxylation is 1. The van der Waals surface area contributed by atoms with Crippen LogP contribution in [0.5, 0.6) is 0 Å². The van der Waals surface area contributed by atoms with Crippen LogP contribution in [0.4, 0.5) is 5.82 Å². The molecule has 138 valence electrons. The van der Waals surface area contributed by atoms with E-state index in [0.29, 0.717) is 24.3 Å². The molecule has 1 N–H and O–H groups in total. The second-order valence-electron chi connectivity index (χ2n) is 5.95. The summed E-state index contributed by atoms with van der Waals surface area (Å²) in [7, 11) is -0.444. The quantitative estimate of drug-likeness (QED) is 0.800.